The van der Waals surface area contributed by atoms with Gasteiger partial charge in [-0.05, 0) is 62.7 Å². The highest BCUT2D eigenvalue weighted by atomic mass is 16.5. The van der Waals surface area contributed by atoms with Crippen LogP contribution in [0.1, 0.15) is 64.7 Å². The highest BCUT2D eigenvalue weighted by Crippen LogP contribution is 2.62. The number of hydrogen-bond acceptors (Lipinski definition) is 2. The lowest BCUT2D eigenvalue weighted by atomic mass is 9.48. The first-order chi connectivity index (χ1) is 9.65. The van der Waals surface area contributed by atoms with Crippen LogP contribution in [0.2, 0.25) is 0 Å². The lowest BCUT2D eigenvalue weighted by Crippen LogP contribution is -2.52. The van der Waals surface area contributed by atoms with Crippen LogP contribution >= 0.6 is 0 Å². The fourth-order valence-electron chi connectivity index (χ4n) is 5.64. The molecule has 0 saturated heterocycles. The van der Waals surface area contributed by atoms with E-state index in [0.29, 0.717) is 5.41 Å². The average molecular weight is 276 g/mol. The largest absolute Gasteiger partial charge is 0.459 e. The van der Waals surface area contributed by atoms with Gasteiger partial charge in [0.1, 0.15) is 6.10 Å². The summed E-state index contributed by atoms with van der Waals surface area (Å²) in [6.07, 6.45) is 13.1. The van der Waals surface area contributed by atoms with Gasteiger partial charge in [0.2, 0.25) is 0 Å². The van der Waals surface area contributed by atoms with Gasteiger partial charge < -0.3 is 4.74 Å². The third kappa shape index (κ3) is 2.54. The second-order valence-electron chi connectivity index (χ2n) is 7.55. The van der Waals surface area contributed by atoms with E-state index in [1.54, 1.807) is 0 Å². The highest BCUT2D eigenvalue weighted by molar-refractivity contribution is 5.81. The number of esters is 1. The SMILES string of the molecule is C=CC(=O)OC(CCCC)C12CC3CC(CC(C3)C1)C2. The maximum atomic E-state index is 11.7. The molecule has 0 amide bonds. The summed E-state index contributed by atoms with van der Waals surface area (Å²) in [5.74, 6) is 2.51. The first kappa shape index (κ1) is 14.2. The van der Waals surface area contributed by atoms with Gasteiger partial charge in [0, 0.05) is 11.5 Å². The molecule has 2 heteroatoms. The van der Waals surface area contributed by atoms with Crippen molar-refractivity contribution in [1.29, 1.82) is 0 Å². The standard InChI is InChI=1S/C18H28O2/c1-3-5-6-16(20-17(19)4-2)18-10-13-7-14(11-18)9-15(8-13)12-18/h4,13-16H,2-3,5-12H2,1H3. The molecule has 0 aromatic carbocycles. The van der Waals surface area contributed by atoms with Crippen molar-refractivity contribution in [3.8, 4) is 0 Å². The molecule has 4 aliphatic carbocycles. The third-order valence-corrected chi connectivity index (χ3v) is 6.01. The van der Waals surface area contributed by atoms with Gasteiger partial charge in [0.15, 0.2) is 0 Å². The third-order valence-electron chi connectivity index (χ3n) is 6.01. The van der Waals surface area contributed by atoms with Crippen LogP contribution in [0.15, 0.2) is 12.7 Å². The summed E-state index contributed by atoms with van der Waals surface area (Å²) in [5, 5.41) is 0. The first-order valence-electron chi connectivity index (χ1n) is 8.48. The van der Waals surface area contributed by atoms with Gasteiger partial charge in [-0.3, -0.25) is 0 Å². The predicted octanol–water partition coefficient (Wildman–Crippen LogP) is 4.49. The number of carbonyl (C=O) groups is 1. The highest BCUT2D eigenvalue weighted by Gasteiger charge is 2.55. The number of carbonyl (C=O) groups excluding carboxylic acids is 1. The molecule has 0 aromatic rings. The average Bonchev–Trinajstić information content (AvgIpc) is 2.41. The molecule has 4 bridgehead atoms. The molecular weight excluding hydrogens is 248 g/mol. The minimum absolute atomic E-state index is 0.140. The minimum atomic E-state index is -0.221. The van der Waals surface area contributed by atoms with Crippen LogP contribution in [0.4, 0.5) is 0 Å². The quantitative estimate of drug-likeness (QED) is 0.528. The summed E-state index contributed by atoms with van der Waals surface area (Å²) in [4.78, 5) is 11.7. The number of unbranched alkanes of at least 4 members (excludes halogenated alkanes) is 1. The summed E-state index contributed by atoms with van der Waals surface area (Å²) in [6, 6.07) is 0. The Morgan fingerprint density at radius 1 is 1.25 bits per heavy atom. The van der Waals surface area contributed by atoms with E-state index in [1.165, 1.54) is 51.0 Å². The topological polar surface area (TPSA) is 26.3 Å². The smallest absolute Gasteiger partial charge is 0.330 e. The van der Waals surface area contributed by atoms with Crippen LogP contribution in [0.3, 0.4) is 0 Å². The number of hydrogen-bond donors (Lipinski definition) is 0. The Kier molecular flexibility index (Phi) is 3.92. The number of rotatable bonds is 6. The summed E-state index contributed by atoms with van der Waals surface area (Å²) >= 11 is 0. The monoisotopic (exact) mass is 276 g/mol. The molecule has 4 saturated carbocycles. The maximum absolute atomic E-state index is 11.7. The van der Waals surface area contributed by atoms with Gasteiger partial charge in [0.05, 0.1) is 0 Å². The lowest BCUT2D eigenvalue weighted by molar-refractivity contribution is -0.169. The Hall–Kier alpha value is -0.790. The van der Waals surface area contributed by atoms with Crippen molar-refractivity contribution in [2.75, 3.05) is 0 Å². The van der Waals surface area contributed by atoms with Crippen molar-refractivity contribution in [2.24, 2.45) is 23.2 Å². The minimum Gasteiger partial charge on any atom is -0.459 e. The van der Waals surface area contributed by atoms with E-state index in [4.69, 9.17) is 4.74 Å². The van der Waals surface area contributed by atoms with E-state index in [0.717, 1.165) is 30.6 Å². The van der Waals surface area contributed by atoms with Crippen LogP contribution < -0.4 is 0 Å². The Bertz CT molecular complexity index is 350. The molecule has 1 atom stereocenters. The molecule has 0 heterocycles. The zero-order valence-electron chi connectivity index (χ0n) is 12.8. The van der Waals surface area contributed by atoms with Crippen molar-refractivity contribution in [3.05, 3.63) is 12.7 Å². The van der Waals surface area contributed by atoms with Gasteiger partial charge in [0.25, 0.3) is 0 Å². The van der Waals surface area contributed by atoms with Crippen molar-refractivity contribution >= 4 is 5.97 Å². The van der Waals surface area contributed by atoms with Crippen LogP contribution in [-0.4, -0.2) is 12.1 Å². The van der Waals surface area contributed by atoms with Gasteiger partial charge in [-0.2, -0.15) is 0 Å². The molecular formula is C18H28O2. The molecule has 4 aliphatic rings. The van der Waals surface area contributed by atoms with Crippen molar-refractivity contribution in [1.82, 2.24) is 0 Å². The predicted molar refractivity (Wildman–Crippen MR) is 80.2 cm³/mol. The van der Waals surface area contributed by atoms with E-state index in [1.807, 2.05) is 0 Å². The van der Waals surface area contributed by atoms with Crippen LogP contribution in [0.5, 0.6) is 0 Å². The van der Waals surface area contributed by atoms with Crippen molar-refractivity contribution in [2.45, 2.75) is 70.8 Å². The fourth-order valence-corrected chi connectivity index (χ4v) is 5.64. The zero-order chi connectivity index (χ0) is 14.2. The number of ether oxygens (including phenoxy) is 1. The molecule has 0 aliphatic heterocycles. The van der Waals surface area contributed by atoms with Gasteiger partial charge >= 0.3 is 5.97 Å². The lowest BCUT2D eigenvalue weighted by Gasteiger charge is -2.59. The van der Waals surface area contributed by atoms with Gasteiger partial charge in [-0.1, -0.05) is 26.3 Å². The van der Waals surface area contributed by atoms with Crippen molar-refractivity contribution < 1.29 is 9.53 Å². The zero-order valence-corrected chi connectivity index (χ0v) is 12.8. The molecule has 0 N–H and O–H groups in total. The van der Waals surface area contributed by atoms with E-state index >= 15 is 0 Å². The van der Waals surface area contributed by atoms with Crippen LogP contribution in [-0.2, 0) is 9.53 Å². The molecule has 1 unspecified atom stereocenters. The fraction of sp³-hybridized carbons (Fsp3) is 0.833. The molecule has 0 aromatic heterocycles. The molecule has 4 fully saturated rings. The summed E-state index contributed by atoms with van der Waals surface area (Å²) in [5.41, 5.74) is 0.308. The molecule has 2 nitrogen and oxygen atoms in total. The Balaban J connectivity index is 1.78. The summed E-state index contributed by atoms with van der Waals surface area (Å²) < 4.78 is 5.83. The summed E-state index contributed by atoms with van der Waals surface area (Å²) in [7, 11) is 0. The van der Waals surface area contributed by atoms with Crippen LogP contribution in [0.25, 0.3) is 0 Å². The Morgan fingerprint density at radius 2 is 1.80 bits per heavy atom. The van der Waals surface area contributed by atoms with Gasteiger partial charge in [-0.25, -0.2) is 4.79 Å². The molecule has 4 rings (SSSR count). The maximum Gasteiger partial charge on any atom is 0.330 e. The van der Waals surface area contributed by atoms with Crippen molar-refractivity contribution in [3.63, 3.8) is 0 Å². The molecule has 0 radical (unpaired) electrons. The molecule has 20 heavy (non-hydrogen) atoms. The Morgan fingerprint density at radius 3 is 2.25 bits per heavy atom. The molecule has 112 valence electrons. The van der Waals surface area contributed by atoms with E-state index < -0.39 is 0 Å². The van der Waals surface area contributed by atoms with Crippen LogP contribution in [0, 0.1) is 23.2 Å². The second-order valence-corrected chi connectivity index (χ2v) is 7.55. The molecule has 0 spiro atoms. The van der Waals surface area contributed by atoms with E-state index in [-0.39, 0.29) is 12.1 Å². The van der Waals surface area contributed by atoms with E-state index in [9.17, 15) is 4.79 Å². The Labute approximate surface area is 123 Å². The summed E-state index contributed by atoms with van der Waals surface area (Å²) in [6.45, 7) is 5.78. The van der Waals surface area contributed by atoms with E-state index in [2.05, 4.69) is 13.5 Å². The normalized spacial score (nSPS) is 39.5. The second kappa shape index (κ2) is 5.54. The van der Waals surface area contributed by atoms with Gasteiger partial charge in [-0.15, -0.1) is 0 Å². The first-order valence-corrected chi connectivity index (χ1v) is 8.48.